The van der Waals surface area contributed by atoms with Gasteiger partial charge in [-0.05, 0) is 30.4 Å². The van der Waals surface area contributed by atoms with Gasteiger partial charge in [-0.2, -0.15) is 0 Å². The number of thiocarbonyl (C=S) groups is 1. The minimum absolute atomic E-state index is 0.202. The summed E-state index contributed by atoms with van der Waals surface area (Å²) in [7, 11) is 0. The molecule has 3 rings (SSSR count). The summed E-state index contributed by atoms with van der Waals surface area (Å²) >= 11 is 5.03. The molecule has 0 aliphatic heterocycles. The molecule has 1 heterocycles. The largest absolute Gasteiger partial charge is 0.456 e. The average Bonchev–Trinajstić information content (AvgIpc) is 2.75. The minimum Gasteiger partial charge on any atom is -0.456 e. The molecule has 1 amide bonds. The first-order valence-corrected chi connectivity index (χ1v) is 6.54. The maximum Gasteiger partial charge on any atom is 0.222 e. The molecule has 2 aromatic carbocycles. The fourth-order valence-electron chi connectivity index (χ4n) is 2.13. The highest BCUT2D eigenvalue weighted by Gasteiger charge is 2.07. The molecule has 100 valence electrons. The Kier molecular flexibility index (Phi) is 3.12. The summed E-state index contributed by atoms with van der Waals surface area (Å²) in [5, 5.41) is 7.87. The van der Waals surface area contributed by atoms with Gasteiger partial charge in [-0.25, -0.2) is 0 Å². The SMILES string of the molecule is CC(=O)NC(=S)Nc1ccc2c(c1)oc1ccccc12. The van der Waals surface area contributed by atoms with Gasteiger partial charge in [0.05, 0.1) is 0 Å². The van der Waals surface area contributed by atoms with Gasteiger partial charge in [-0.1, -0.05) is 18.2 Å². The molecule has 0 aliphatic carbocycles. The molecule has 4 nitrogen and oxygen atoms in total. The van der Waals surface area contributed by atoms with Crippen LogP contribution in [0.1, 0.15) is 6.92 Å². The van der Waals surface area contributed by atoms with Crippen molar-refractivity contribution >= 4 is 50.9 Å². The zero-order valence-corrected chi connectivity index (χ0v) is 11.6. The Morgan fingerprint density at radius 3 is 2.65 bits per heavy atom. The fourth-order valence-corrected chi connectivity index (χ4v) is 2.39. The first-order chi connectivity index (χ1) is 9.63. The third kappa shape index (κ3) is 2.35. The Balaban J connectivity index is 1.96. The van der Waals surface area contributed by atoms with Crippen LogP contribution in [0.25, 0.3) is 21.9 Å². The quantitative estimate of drug-likeness (QED) is 0.672. The molecular weight excluding hydrogens is 272 g/mol. The maximum absolute atomic E-state index is 10.9. The van der Waals surface area contributed by atoms with Crippen LogP contribution in [0.15, 0.2) is 46.9 Å². The van der Waals surface area contributed by atoms with Gasteiger partial charge >= 0.3 is 0 Å². The van der Waals surface area contributed by atoms with Crippen molar-refractivity contribution in [3.8, 4) is 0 Å². The van der Waals surface area contributed by atoms with Gasteiger partial charge in [-0.3, -0.25) is 4.79 Å². The van der Waals surface area contributed by atoms with Crippen molar-refractivity contribution in [3.63, 3.8) is 0 Å². The number of hydrogen-bond donors (Lipinski definition) is 2. The third-order valence-corrected chi connectivity index (χ3v) is 3.13. The van der Waals surface area contributed by atoms with Gasteiger partial charge in [0.25, 0.3) is 0 Å². The molecule has 0 atom stereocenters. The van der Waals surface area contributed by atoms with E-state index in [-0.39, 0.29) is 11.0 Å². The first-order valence-electron chi connectivity index (χ1n) is 6.13. The van der Waals surface area contributed by atoms with E-state index >= 15 is 0 Å². The van der Waals surface area contributed by atoms with Crippen molar-refractivity contribution in [3.05, 3.63) is 42.5 Å². The van der Waals surface area contributed by atoms with E-state index < -0.39 is 0 Å². The molecule has 0 saturated heterocycles. The number of amides is 1. The molecule has 5 heteroatoms. The second kappa shape index (κ2) is 4.94. The van der Waals surface area contributed by atoms with E-state index in [4.69, 9.17) is 16.6 Å². The Bertz CT molecular complexity index is 823. The first kappa shape index (κ1) is 12.6. The number of fused-ring (bicyclic) bond motifs is 3. The van der Waals surface area contributed by atoms with E-state index in [1.54, 1.807) is 0 Å². The fraction of sp³-hybridized carbons (Fsp3) is 0.0667. The van der Waals surface area contributed by atoms with Gasteiger partial charge < -0.3 is 15.1 Å². The van der Waals surface area contributed by atoms with Crippen LogP contribution in [-0.2, 0) is 4.79 Å². The number of para-hydroxylation sites is 1. The number of hydrogen-bond acceptors (Lipinski definition) is 3. The lowest BCUT2D eigenvalue weighted by Crippen LogP contribution is -2.32. The van der Waals surface area contributed by atoms with Crippen molar-refractivity contribution < 1.29 is 9.21 Å². The second-order valence-corrected chi connectivity index (χ2v) is 4.85. The number of furan rings is 1. The highest BCUT2D eigenvalue weighted by molar-refractivity contribution is 7.80. The van der Waals surface area contributed by atoms with Crippen molar-refractivity contribution in [1.82, 2.24) is 5.32 Å². The predicted molar refractivity (Wildman–Crippen MR) is 83.8 cm³/mol. The molecule has 0 fully saturated rings. The van der Waals surface area contributed by atoms with Crippen LogP contribution in [0.3, 0.4) is 0 Å². The summed E-state index contributed by atoms with van der Waals surface area (Å²) in [6, 6.07) is 13.6. The average molecular weight is 284 g/mol. The van der Waals surface area contributed by atoms with Crippen LogP contribution in [0.2, 0.25) is 0 Å². The van der Waals surface area contributed by atoms with E-state index in [9.17, 15) is 4.79 Å². The molecule has 2 N–H and O–H groups in total. The molecule has 20 heavy (non-hydrogen) atoms. The number of nitrogens with one attached hydrogen (secondary N) is 2. The van der Waals surface area contributed by atoms with Crippen LogP contribution >= 0.6 is 12.2 Å². The Hall–Kier alpha value is -2.40. The van der Waals surface area contributed by atoms with Crippen LogP contribution in [0.4, 0.5) is 5.69 Å². The third-order valence-electron chi connectivity index (χ3n) is 2.93. The number of benzene rings is 2. The molecule has 0 bridgehead atoms. The summed E-state index contributed by atoms with van der Waals surface area (Å²) < 4.78 is 5.79. The monoisotopic (exact) mass is 284 g/mol. The maximum atomic E-state index is 10.9. The molecule has 0 spiro atoms. The van der Waals surface area contributed by atoms with Crippen LogP contribution < -0.4 is 10.6 Å². The summed E-state index contributed by atoms with van der Waals surface area (Å²) in [5.41, 5.74) is 2.40. The zero-order valence-electron chi connectivity index (χ0n) is 10.8. The smallest absolute Gasteiger partial charge is 0.222 e. The lowest BCUT2D eigenvalue weighted by atomic mass is 10.1. The van der Waals surface area contributed by atoms with E-state index in [1.165, 1.54) is 6.92 Å². The lowest BCUT2D eigenvalue weighted by Gasteiger charge is -2.07. The van der Waals surface area contributed by atoms with Gasteiger partial charge in [0.2, 0.25) is 5.91 Å². The molecular formula is C15H12N2O2S. The Labute approximate surface area is 120 Å². The summed E-state index contributed by atoms with van der Waals surface area (Å²) in [4.78, 5) is 10.9. The lowest BCUT2D eigenvalue weighted by molar-refractivity contribution is -0.117. The van der Waals surface area contributed by atoms with Gasteiger partial charge in [0.1, 0.15) is 11.2 Å². The summed E-state index contributed by atoms with van der Waals surface area (Å²) in [6.45, 7) is 1.41. The summed E-state index contributed by atoms with van der Waals surface area (Å²) in [6.07, 6.45) is 0. The molecule has 3 aromatic rings. The van der Waals surface area contributed by atoms with Gasteiger partial charge in [0.15, 0.2) is 5.11 Å². The van der Waals surface area contributed by atoms with Crippen molar-refractivity contribution in [2.75, 3.05) is 5.32 Å². The molecule has 0 radical (unpaired) electrons. The van der Waals surface area contributed by atoms with Crippen molar-refractivity contribution in [2.45, 2.75) is 6.92 Å². The highest BCUT2D eigenvalue weighted by Crippen LogP contribution is 2.30. The molecule has 1 aromatic heterocycles. The van der Waals surface area contributed by atoms with Crippen LogP contribution in [-0.4, -0.2) is 11.0 Å². The van der Waals surface area contributed by atoms with Crippen LogP contribution in [0.5, 0.6) is 0 Å². The number of rotatable bonds is 1. The molecule has 0 aliphatic rings. The van der Waals surface area contributed by atoms with Crippen molar-refractivity contribution in [1.29, 1.82) is 0 Å². The summed E-state index contributed by atoms with van der Waals surface area (Å²) in [5.74, 6) is -0.202. The Morgan fingerprint density at radius 2 is 1.85 bits per heavy atom. The molecule has 0 unspecified atom stereocenters. The van der Waals surface area contributed by atoms with E-state index in [0.717, 1.165) is 27.6 Å². The van der Waals surface area contributed by atoms with Crippen LogP contribution in [0, 0.1) is 0 Å². The number of carbonyl (C=O) groups is 1. The standard InChI is InChI=1S/C15H12N2O2S/c1-9(18)16-15(20)17-10-6-7-12-11-4-2-3-5-13(11)19-14(12)8-10/h2-8H,1H3,(H2,16,17,18,20). The van der Waals surface area contributed by atoms with E-state index in [2.05, 4.69) is 10.6 Å². The van der Waals surface area contributed by atoms with Gasteiger partial charge in [-0.15, -0.1) is 0 Å². The number of carbonyl (C=O) groups excluding carboxylic acids is 1. The van der Waals surface area contributed by atoms with E-state index in [0.29, 0.717) is 0 Å². The molecule has 0 saturated carbocycles. The van der Waals surface area contributed by atoms with Crippen molar-refractivity contribution in [2.24, 2.45) is 0 Å². The van der Waals surface area contributed by atoms with Gasteiger partial charge in [0, 0.05) is 29.4 Å². The highest BCUT2D eigenvalue weighted by atomic mass is 32.1. The minimum atomic E-state index is -0.202. The van der Waals surface area contributed by atoms with E-state index in [1.807, 2.05) is 42.5 Å². The normalized spacial score (nSPS) is 10.7. The Morgan fingerprint density at radius 1 is 1.10 bits per heavy atom. The predicted octanol–water partition coefficient (Wildman–Crippen LogP) is 3.42. The zero-order chi connectivity index (χ0) is 14.1. The second-order valence-electron chi connectivity index (χ2n) is 4.44. The number of anilines is 1. The topological polar surface area (TPSA) is 54.3 Å².